The first-order valence-electron chi connectivity index (χ1n) is 6.21. The van der Waals surface area contributed by atoms with Crippen molar-refractivity contribution in [2.75, 3.05) is 31.4 Å². The topological polar surface area (TPSA) is 32.3 Å². The van der Waals surface area contributed by atoms with E-state index in [0.717, 1.165) is 11.4 Å². The predicted molar refractivity (Wildman–Crippen MR) is 80.2 cm³/mol. The van der Waals surface area contributed by atoms with Gasteiger partial charge in [0.1, 0.15) is 0 Å². The van der Waals surface area contributed by atoms with E-state index in [-0.39, 0.29) is 5.78 Å². The Morgan fingerprint density at radius 1 is 0.895 bits per heavy atom. The van der Waals surface area contributed by atoms with Crippen molar-refractivity contribution in [2.24, 2.45) is 0 Å². The Morgan fingerprint density at radius 3 is 1.79 bits per heavy atom. The lowest BCUT2D eigenvalue weighted by Crippen LogP contribution is -2.09. The second kappa shape index (κ2) is 5.57. The molecular formula is C16H18N2O. The average molecular weight is 254 g/mol. The molecule has 0 radical (unpaired) electrons. The second-order valence-electron chi connectivity index (χ2n) is 4.60. The zero-order chi connectivity index (χ0) is 13.8. The van der Waals surface area contributed by atoms with Gasteiger partial charge in [-0.2, -0.15) is 0 Å². The summed E-state index contributed by atoms with van der Waals surface area (Å²) in [5, 5.41) is 3.04. The molecular weight excluding hydrogens is 236 g/mol. The minimum atomic E-state index is 0.0490. The molecule has 0 amide bonds. The average Bonchev–Trinajstić information content (AvgIpc) is 2.46. The Morgan fingerprint density at radius 2 is 1.37 bits per heavy atom. The van der Waals surface area contributed by atoms with Crippen LogP contribution in [-0.4, -0.2) is 26.9 Å². The highest BCUT2D eigenvalue weighted by atomic mass is 16.1. The lowest BCUT2D eigenvalue weighted by atomic mass is 10.0. The highest BCUT2D eigenvalue weighted by Gasteiger charge is 2.08. The van der Waals surface area contributed by atoms with Crippen LogP contribution < -0.4 is 10.2 Å². The zero-order valence-electron chi connectivity index (χ0n) is 11.5. The third-order valence-electron chi connectivity index (χ3n) is 3.08. The second-order valence-corrected chi connectivity index (χ2v) is 4.60. The van der Waals surface area contributed by atoms with Crippen LogP contribution in [0.4, 0.5) is 11.4 Å². The minimum Gasteiger partial charge on any atom is -0.388 e. The number of carbonyl (C=O) groups excluding carboxylic acids is 1. The number of hydrogen-bond donors (Lipinski definition) is 1. The lowest BCUT2D eigenvalue weighted by Gasteiger charge is -2.12. The summed E-state index contributed by atoms with van der Waals surface area (Å²) in [6, 6.07) is 15.1. The normalized spacial score (nSPS) is 10.1. The molecule has 2 rings (SSSR count). The molecule has 0 aliphatic heterocycles. The maximum absolute atomic E-state index is 12.3. The highest BCUT2D eigenvalue weighted by Crippen LogP contribution is 2.16. The van der Waals surface area contributed by atoms with E-state index in [9.17, 15) is 4.79 Å². The van der Waals surface area contributed by atoms with Crippen LogP contribution in [0.25, 0.3) is 0 Å². The zero-order valence-corrected chi connectivity index (χ0v) is 11.5. The van der Waals surface area contributed by atoms with Crippen LogP contribution in [0.5, 0.6) is 0 Å². The van der Waals surface area contributed by atoms with Crippen LogP contribution in [0.15, 0.2) is 48.5 Å². The first-order valence-corrected chi connectivity index (χ1v) is 6.21. The molecule has 0 fully saturated rings. The molecule has 0 saturated carbocycles. The largest absolute Gasteiger partial charge is 0.388 e. The van der Waals surface area contributed by atoms with Gasteiger partial charge in [-0.15, -0.1) is 0 Å². The Kier molecular flexibility index (Phi) is 3.85. The monoisotopic (exact) mass is 254 g/mol. The standard InChI is InChI=1S/C16H18N2O/c1-17-14-8-4-12(5-9-14)16(19)13-6-10-15(11-7-13)18(2)3/h4-11,17H,1-3H3. The summed E-state index contributed by atoms with van der Waals surface area (Å²) in [5.41, 5.74) is 3.50. The van der Waals surface area contributed by atoms with Gasteiger partial charge in [-0.1, -0.05) is 0 Å². The number of anilines is 2. The van der Waals surface area contributed by atoms with Gasteiger partial charge < -0.3 is 10.2 Å². The van der Waals surface area contributed by atoms with Gasteiger partial charge in [0.25, 0.3) is 0 Å². The lowest BCUT2D eigenvalue weighted by molar-refractivity contribution is 0.103. The number of rotatable bonds is 4. The molecule has 0 unspecified atom stereocenters. The molecule has 0 aliphatic carbocycles. The van der Waals surface area contributed by atoms with Crippen molar-refractivity contribution in [3.8, 4) is 0 Å². The number of carbonyl (C=O) groups is 1. The van der Waals surface area contributed by atoms with Gasteiger partial charge in [-0.3, -0.25) is 4.79 Å². The smallest absolute Gasteiger partial charge is 0.193 e. The molecule has 19 heavy (non-hydrogen) atoms. The Hall–Kier alpha value is -2.29. The van der Waals surface area contributed by atoms with Crippen LogP contribution >= 0.6 is 0 Å². The van der Waals surface area contributed by atoms with Crippen LogP contribution in [-0.2, 0) is 0 Å². The molecule has 0 spiro atoms. The summed E-state index contributed by atoms with van der Waals surface area (Å²) in [6.45, 7) is 0. The highest BCUT2D eigenvalue weighted by molar-refractivity contribution is 6.09. The molecule has 2 aromatic carbocycles. The summed E-state index contributed by atoms with van der Waals surface area (Å²) in [5.74, 6) is 0.0490. The van der Waals surface area contributed by atoms with E-state index in [1.807, 2.05) is 74.6 Å². The Bertz CT molecular complexity index is 556. The van der Waals surface area contributed by atoms with Gasteiger partial charge in [-0.25, -0.2) is 0 Å². The molecule has 0 saturated heterocycles. The maximum atomic E-state index is 12.3. The van der Waals surface area contributed by atoms with Crippen molar-refractivity contribution < 1.29 is 4.79 Å². The fourth-order valence-corrected chi connectivity index (χ4v) is 1.87. The molecule has 2 aromatic rings. The fourth-order valence-electron chi connectivity index (χ4n) is 1.87. The van der Waals surface area contributed by atoms with E-state index in [4.69, 9.17) is 0 Å². The van der Waals surface area contributed by atoms with Crippen molar-refractivity contribution in [3.05, 3.63) is 59.7 Å². The van der Waals surface area contributed by atoms with E-state index < -0.39 is 0 Å². The van der Waals surface area contributed by atoms with Gasteiger partial charge in [-0.05, 0) is 48.5 Å². The van der Waals surface area contributed by atoms with Crippen molar-refractivity contribution in [1.29, 1.82) is 0 Å². The van der Waals surface area contributed by atoms with Gasteiger partial charge >= 0.3 is 0 Å². The first-order chi connectivity index (χ1) is 9.11. The van der Waals surface area contributed by atoms with E-state index in [2.05, 4.69) is 5.32 Å². The summed E-state index contributed by atoms with van der Waals surface area (Å²) in [6.07, 6.45) is 0. The molecule has 0 heterocycles. The van der Waals surface area contributed by atoms with Gasteiger partial charge in [0.05, 0.1) is 0 Å². The fraction of sp³-hybridized carbons (Fsp3) is 0.188. The summed E-state index contributed by atoms with van der Waals surface area (Å²) in [7, 11) is 5.82. The van der Waals surface area contributed by atoms with Crippen LogP contribution in [0.2, 0.25) is 0 Å². The molecule has 0 aliphatic rings. The number of nitrogens with zero attached hydrogens (tertiary/aromatic N) is 1. The SMILES string of the molecule is CNc1ccc(C(=O)c2ccc(N(C)C)cc2)cc1. The molecule has 98 valence electrons. The first kappa shape index (κ1) is 13.1. The van der Waals surface area contributed by atoms with E-state index in [1.165, 1.54) is 0 Å². The molecule has 3 nitrogen and oxygen atoms in total. The van der Waals surface area contributed by atoms with E-state index >= 15 is 0 Å². The van der Waals surface area contributed by atoms with Gasteiger partial charge in [0.2, 0.25) is 0 Å². The summed E-state index contributed by atoms with van der Waals surface area (Å²) >= 11 is 0. The summed E-state index contributed by atoms with van der Waals surface area (Å²) in [4.78, 5) is 14.3. The molecule has 0 atom stereocenters. The molecule has 0 aromatic heterocycles. The van der Waals surface area contributed by atoms with Crippen molar-refractivity contribution in [3.63, 3.8) is 0 Å². The summed E-state index contributed by atoms with van der Waals surface area (Å²) < 4.78 is 0. The third-order valence-corrected chi connectivity index (χ3v) is 3.08. The van der Waals surface area contributed by atoms with E-state index in [1.54, 1.807) is 0 Å². The van der Waals surface area contributed by atoms with Crippen LogP contribution in [0.3, 0.4) is 0 Å². The molecule has 3 heteroatoms. The van der Waals surface area contributed by atoms with Crippen molar-refractivity contribution in [1.82, 2.24) is 0 Å². The number of benzene rings is 2. The number of hydrogen-bond acceptors (Lipinski definition) is 3. The number of nitrogens with one attached hydrogen (secondary N) is 1. The quantitative estimate of drug-likeness (QED) is 0.851. The van der Waals surface area contributed by atoms with E-state index in [0.29, 0.717) is 11.1 Å². The van der Waals surface area contributed by atoms with Crippen molar-refractivity contribution in [2.45, 2.75) is 0 Å². The van der Waals surface area contributed by atoms with Crippen molar-refractivity contribution >= 4 is 17.2 Å². The third kappa shape index (κ3) is 2.94. The minimum absolute atomic E-state index is 0.0490. The maximum Gasteiger partial charge on any atom is 0.193 e. The Balaban J connectivity index is 2.22. The molecule has 1 N–H and O–H groups in total. The van der Waals surface area contributed by atoms with Crippen LogP contribution in [0.1, 0.15) is 15.9 Å². The Labute approximate surface area is 113 Å². The van der Waals surface area contributed by atoms with Gasteiger partial charge in [0, 0.05) is 43.6 Å². The molecule has 0 bridgehead atoms. The van der Waals surface area contributed by atoms with Gasteiger partial charge in [0.15, 0.2) is 5.78 Å². The predicted octanol–water partition coefficient (Wildman–Crippen LogP) is 3.03. The van der Waals surface area contributed by atoms with Crippen LogP contribution in [0, 0.1) is 0 Å². The number of ketones is 1.